The standard InChI is InChI=1S/C7H9NO.HNO3/c1-9-7-5-3-2-4-6(7)8;2-1(3)4/h2-5H,8H2,1H3;(H,2,3,4). The second-order valence-corrected chi connectivity index (χ2v) is 1.98. The molecular formula is C7H10N2O4. The highest BCUT2D eigenvalue weighted by Crippen LogP contribution is 2.18. The smallest absolute Gasteiger partial charge is 0.291 e. The van der Waals surface area contributed by atoms with E-state index in [2.05, 4.69) is 0 Å². The van der Waals surface area contributed by atoms with Crippen LogP contribution < -0.4 is 10.5 Å². The first kappa shape index (κ1) is 11.0. The van der Waals surface area contributed by atoms with Crippen molar-refractivity contribution < 1.29 is 15.0 Å². The summed E-state index contributed by atoms with van der Waals surface area (Å²) >= 11 is 0. The number of methoxy groups -OCH3 is 1. The van der Waals surface area contributed by atoms with E-state index >= 15 is 0 Å². The van der Waals surface area contributed by atoms with Gasteiger partial charge in [-0.2, -0.15) is 0 Å². The maximum Gasteiger partial charge on any atom is 0.291 e. The molecule has 0 aliphatic carbocycles. The van der Waals surface area contributed by atoms with Gasteiger partial charge >= 0.3 is 0 Å². The number of nitrogens with zero attached hydrogens (tertiary/aromatic N) is 1. The van der Waals surface area contributed by atoms with E-state index in [1.807, 2.05) is 18.2 Å². The number of hydrogen-bond acceptors (Lipinski definition) is 4. The molecule has 6 heteroatoms. The topological polar surface area (TPSA) is 98.6 Å². The first-order chi connectivity index (χ1) is 6.07. The van der Waals surface area contributed by atoms with Gasteiger partial charge in [0, 0.05) is 0 Å². The summed E-state index contributed by atoms with van der Waals surface area (Å²) in [5, 5.41) is 13.6. The molecule has 0 amide bonds. The lowest BCUT2D eigenvalue weighted by molar-refractivity contribution is -0.742. The van der Waals surface area contributed by atoms with E-state index in [1.165, 1.54) is 0 Å². The van der Waals surface area contributed by atoms with Crippen LogP contribution in [-0.2, 0) is 0 Å². The Hall–Kier alpha value is -1.98. The Morgan fingerprint density at radius 3 is 2.31 bits per heavy atom. The van der Waals surface area contributed by atoms with Crippen molar-refractivity contribution in [2.24, 2.45) is 0 Å². The molecule has 0 heterocycles. The van der Waals surface area contributed by atoms with Crippen molar-refractivity contribution in [3.8, 4) is 5.75 Å². The molecule has 0 aliphatic rings. The molecule has 6 nitrogen and oxygen atoms in total. The summed E-state index contributed by atoms with van der Waals surface area (Å²) in [4.78, 5) is 8.36. The quantitative estimate of drug-likeness (QED) is 0.386. The highest BCUT2D eigenvalue weighted by atomic mass is 16.9. The molecule has 0 unspecified atom stereocenters. The number of para-hydroxylation sites is 2. The van der Waals surface area contributed by atoms with Crippen molar-refractivity contribution in [2.45, 2.75) is 0 Å². The van der Waals surface area contributed by atoms with Gasteiger partial charge in [-0.1, -0.05) is 12.1 Å². The van der Waals surface area contributed by atoms with Crippen molar-refractivity contribution in [1.82, 2.24) is 0 Å². The van der Waals surface area contributed by atoms with E-state index in [1.54, 1.807) is 13.2 Å². The molecule has 0 bridgehead atoms. The van der Waals surface area contributed by atoms with Gasteiger partial charge in [-0.25, -0.2) is 0 Å². The van der Waals surface area contributed by atoms with Gasteiger partial charge in [-0.3, -0.25) is 0 Å². The fraction of sp³-hybridized carbons (Fsp3) is 0.143. The zero-order valence-corrected chi connectivity index (χ0v) is 7.01. The molecule has 0 fully saturated rings. The fourth-order valence-electron chi connectivity index (χ4n) is 0.666. The average Bonchev–Trinajstić information content (AvgIpc) is 2.04. The van der Waals surface area contributed by atoms with E-state index in [0.29, 0.717) is 5.69 Å². The van der Waals surface area contributed by atoms with Crippen molar-refractivity contribution in [3.63, 3.8) is 0 Å². The van der Waals surface area contributed by atoms with Crippen LogP contribution in [0.2, 0.25) is 0 Å². The summed E-state index contributed by atoms with van der Waals surface area (Å²) in [6.07, 6.45) is 0. The predicted molar refractivity (Wildman–Crippen MR) is 46.2 cm³/mol. The van der Waals surface area contributed by atoms with E-state index < -0.39 is 5.09 Å². The minimum absolute atomic E-state index is 0.681. The molecule has 1 aromatic carbocycles. The second kappa shape index (κ2) is 5.64. The summed E-state index contributed by atoms with van der Waals surface area (Å²) in [5.41, 5.74) is 6.19. The van der Waals surface area contributed by atoms with Crippen LogP contribution in [0.1, 0.15) is 0 Å². The van der Waals surface area contributed by atoms with Crippen molar-refractivity contribution >= 4 is 5.69 Å². The van der Waals surface area contributed by atoms with Crippen LogP contribution in [0.25, 0.3) is 0 Å². The molecule has 1 aromatic rings. The lowest BCUT2D eigenvalue weighted by Gasteiger charge is -2.00. The molecule has 3 N–H and O–H groups in total. The van der Waals surface area contributed by atoms with Crippen LogP contribution in [0.4, 0.5) is 5.69 Å². The van der Waals surface area contributed by atoms with Gasteiger partial charge in [-0.05, 0) is 12.1 Å². The highest BCUT2D eigenvalue weighted by Gasteiger charge is 1.91. The number of hydrogen-bond donors (Lipinski definition) is 2. The molecule has 0 aliphatic heterocycles. The van der Waals surface area contributed by atoms with Crippen LogP contribution in [0.3, 0.4) is 0 Å². The van der Waals surface area contributed by atoms with Crippen LogP contribution in [0.15, 0.2) is 24.3 Å². The monoisotopic (exact) mass is 186 g/mol. The molecular weight excluding hydrogens is 176 g/mol. The molecule has 0 saturated heterocycles. The Labute approximate surface area is 74.7 Å². The third-order valence-corrected chi connectivity index (χ3v) is 1.14. The van der Waals surface area contributed by atoms with E-state index in [-0.39, 0.29) is 0 Å². The number of nitrogen functional groups attached to an aromatic ring is 1. The number of anilines is 1. The number of nitrogens with two attached hydrogens (primary N) is 1. The molecule has 0 atom stereocenters. The summed E-state index contributed by atoms with van der Waals surface area (Å²) in [5.74, 6) is 0.734. The molecule has 13 heavy (non-hydrogen) atoms. The van der Waals surface area contributed by atoms with Crippen molar-refractivity contribution in [2.75, 3.05) is 12.8 Å². The number of ether oxygens (including phenoxy) is 1. The Morgan fingerprint density at radius 1 is 1.54 bits per heavy atom. The first-order valence-electron chi connectivity index (χ1n) is 3.29. The van der Waals surface area contributed by atoms with Gasteiger partial charge < -0.3 is 15.7 Å². The molecule has 72 valence electrons. The van der Waals surface area contributed by atoms with Gasteiger partial charge in [0.1, 0.15) is 5.75 Å². The number of benzene rings is 1. The predicted octanol–water partition coefficient (Wildman–Crippen LogP) is 0.930. The third-order valence-electron chi connectivity index (χ3n) is 1.14. The Morgan fingerprint density at radius 2 is 2.00 bits per heavy atom. The maximum absolute atomic E-state index is 8.36. The highest BCUT2D eigenvalue weighted by molar-refractivity contribution is 5.51. The Bertz CT molecular complexity index is 273. The minimum Gasteiger partial charge on any atom is -0.495 e. The van der Waals surface area contributed by atoms with Gasteiger partial charge in [0.25, 0.3) is 5.09 Å². The second-order valence-electron chi connectivity index (χ2n) is 1.98. The average molecular weight is 186 g/mol. The van der Waals surface area contributed by atoms with Crippen LogP contribution in [-0.4, -0.2) is 17.4 Å². The van der Waals surface area contributed by atoms with Gasteiger partial charge in [-0.15, -0.1) is 10.1 Å². The SMILES string of the molecule is COc1ccccc1N.O=[N+]([O-])O. The Balaban J connectivity index is 0.000000310. The molecule has 0 spiro atoms. The molecule has 1 rings (SSSR count). The lowest BCUT2D eigenvalue weighted by atomic mass is 10.3. The van der Waals surface area contributed by atoms with Crippen LogP contribution >= 0.6 is 0 Å². The van der Waals surface area contributed by atoms with E-state index in [4.69, 9.17) is 25.8 Å². The minimum atomic E-state index is -1.50. The zero-order valence-electron chi connectivity index (χ0n) is 7.01. The van der Waals surface area contributed by atoms with Gasteiger partial charge in [0.05, 0.1) is 12.8 Å². The molecule has 0 radical (unpaired) electrons. The van der Waals surface area contributed by atoms with Crippen molar-refractivity contribution in [3.05, 3.63) is 34.4 Å². The van der Waals surface area contributed by atoms with E-state index in [9.17, 15) is 0 Å². The number of rotatable bonds is 1. The zero-order chi connectivity index (χ0) is 10.3. The van der Waals surface area contributed by atoms with E-state index in [0.717, 1.165) is 5.75 Å². The molecule has 0 aromatic heterocycles. The summed E-state index contributed by atoms with van der Waals surface area (Å²) in [6, 6.07) is 7.39. The third kappa shape index (κ3) is 5.31. The maximum atomic E-state index is 8.36. The Kier molecular flexibility index (Phi) is 4.78. The van der Waals surface area contributed by atoms with Crippen LogP contribution in [0.5, 0.6) is 5.75 Å². The lowest BCUT2D eigenvalue weighted by Crippen LogP contribution is -1.89. The molecule has 0 saturated carbocycles. The largest absolute Gasteiger partial charge is 0.495 e. The first-order valence-corrected chi connectivity index (χ1v) is 3.29. The summed E-state index contributed by atoms with van der Waals surface area (Å²) in [6.45, 7) is 0. The normalized spacial score (nSPS) is 8.08. The summed E-state index contributed by atoms with van der Waals surface area (Å²) < 4.78 is 4.92. The fourth-order valence-corrected chi connectivity index (χ4v) is 0.666. The van der Waals surface area contributed by atoms with Crippen molar-refractivity contribution in [1.29, 1.82) is 0 Å². The van der Waals surface area contributed by atoms with Crippen LogP contribution in [0, 0.1) is 10.1 Å². The van der Waals surface area contributed by atoms with Gasteiger partial charge in [0.2, 0.25) is 0 Å². The van der Waals surface area contributed by atoms with Gasteiger partial charge in [0.15, 0.2) is 0 Å². The summed E-state index contributed by atoms with van der Waals surface area (Å²) in [7, 11) is 1.60.